The molecule has 6 heteroatoms. The van der Waals surface area contributed by atoms with Gasteiger partial charge in [0.2, 0.25) is 0 Å². The highest BCUT2D eigenvalue weighted by Gasteiger charge is 2.53. The van der Waals surface area contributed by atoms with Crippen LogP contribution in [0.15, 0.2) is 29.3 Å². The molecule has 1 aliphatic carbocycles. The number of hydrogen-bond donors (Lipinski definition) is 3. The Balaban J connectivity index is 1.98. The lowest BCUT2D eigenvalue weighted by atomic mass is 9.58. The number of nitrogens with one attached hydrogen (secondary N) is 3. The molecule has 1 fully saturated rings. The predicted molar refractivity (Wildman–Crippen MR) is 110 cm³/mol. The topological polar surface area (TPSA) is 74.8 Å². The molecular formula is C21H34N4O2. The largest absolute Gasteiger partial charge is 0.378 e. The molecule has 0 aliphatic heterocycles. The first-order chi connectivity index (χ1) is 13.0. The molecule has 1 aliphatic rings. The monoisotopic (exact) mass is 374 g/mol. The van der Waals surface area contributed by atoms with Crippen molar-refractivity contribution >= 4 is 11.9 Å². The van der Waals surface area contributed by atoms with Gasteiger partial charge in [0, 0.05) is 44.3 Å². The highest BCUT2D eigenvalue weighted by molar-refractivity contribution is 5.94. The second-order valence-electron chi connectivity index (χ2n) is 7.02. The summed E-state index contributed by atoms with van der Waals surface area (Å²) in [5.74, 6) is 0.707. The van der Waals surface area contributed by atoms with Gasteiger partial charge in [0.1, 0.15) is 0 Å². The molecule has 1 aromatic carbocycles. The molecule has 0 spiro atoms. The van der Waals surface area contributed by atoms with Crippen LogP contribution in [0.2, 0.25) is 0 Å². The van der Waals surface area contributed by atoms with Crippen molar-refractivity contribution in [2.45, 2.75) is 58.7 Å². The van der Waals surface area contributed by atoms with E-state index in [1.165, 1.54) is 0 Å². The third-order valence-electron chi connectivity index (χ3n) is 5.88. The Morgan fingerprint density at radius 3 is 2.63 bits per heavy atom. The smallest absolute Gasteiger partial charge is 0.251 e. The second-order valence-corrected chi connectivity index (χ2v) is 7.02. The van der Waals surface area contributed by atoms with Crippen LogP contribution in [-0.2, 0) is 11.3 Å². The number of ether oxygens (including phenoxy) is 1. The molecule has 3 N–H and O–H groups in total. The van der Waals surface area contributed by atoms with Gasteiger partial charge < -0.3 is 20.7 Å². The maximum Gasteiger partial charge on any atom is 0.251 e. The molecule has 0 saturated heterocycles. The van der Waals surface area contributed by atoms with E-state index in [9.17, 15) is 4.79 Å². The standard InChI is InChI=1S/C21H34N4O2/c1-6-21(7-2)17(13-18(21)27-8-3)25-20(23-5)24-14-15-10-9-11-16(12-15)19(26)22-4/h9-12,17-18H,6-8,13-14H2,1-5H3,(H,22,26)(H2,23,24,25). The number of carbonyl (C=O) groups is 1. The molecule has 0 aromatic heterocycles. The minimum Gasteiger partial charge on any atom is -0.378 e. The zero-order valence-corrected chi connectivity index (χ0v) is 17.3. The third kappa shape index (κ3) is 4.61. The molecule has 6 nitrogen and oxygen atoms in total. The Hall–Kier alpha value is -2.08. The number of nitrogens with zero attached hydrogens (tertiary/aromatic N) is 1. The van der Waals surface area contributed by atoms with Gasteiger partial charge in [-0.1, -0.05) is 26.0 Å². The fraction of sp³-hybridized carbons (Fsp3) is 0.619. The lowest BCUT2D eigenvalue weighted by Gasteiger charge is -2.55. The van der Waals surface area contributed by atoms with E-state index in [1.54, 1.807) is 14.1 Å². The summed E-state index contributed by atoms with van der Waals surface area (Å²) < 4.78 is 5.96. The lowest BCUT2D eigenvalue weighted by molar-refractivity contribution is -0.133. The van der Waals surface area contributed by atoms with Gasteiger partial charge in [0.15, 0.2) is 5.96 Å². The zero-order valence-electron chi connectivity index (χ0n) is 17.3. The highest BCUT2D eigenvalue weighted by Crippen LogP contribution is 2.48. The minimum absolute atomic E-state index is 0.0773. The van der Waals surface area contributed by atoms with E-state index < -0.39 is 0 Å². The van der Waals surface area contributed by atoms with Gasteiger partial charge in [-0.2, -0.15) is 0 Å². The molecule has 2 rings (SSSR count). The van der Waals surface area contributed by atoms with Crippen LogP contribution in [0.5, 0.6) is 0 Å². The van der Waals surface area contributed by atoms with Gasteiger partial charge in [-0.05, 0) is 43.9 Å². The summed E-state index contributed by atoms with van der Waals surface area (Å²) in [5.41, 5.74) is 1.86. The molecule has 27 heavy (non-hydrogen) atoms. The van der Waals surface area contributed by atoms with Gasteiger partial charge in [-0.3, -0.25) is 9.79 Å². The van der Waals surface area contributed by atoms with Crippen molar-refractivity contribution in [2.24, 2.45) is 10.4 Å². The first-order valence-electron chi connectivity index (χ1n) is 9.94. The Morgan fingerprint density at radius 1 is 1.30 bits per heavy atom. The van der Waals surface area contributed by atoms with Crippen molar-refractivity contribution in [1.29, 1.82) is 0 Å². The van der Waals surface area contributed by atoms with Crippen molar-refractivity contribution < 1.29 is 9.53 Å². The van der Waals surface area contributed by atoms with E-state index in [-0.39, 0.29) is 11.3 Å². The molecular weight excluding hydrogens is 340 g/mol. The molecule has 1 aromatic rings. The maximum atomic E-state index is 11.8. The summed E-state index contributed by atoms with van der Waals surface area (Å²) in [6.45, 7) is 7.91. The fourth-order valence-electron chi connectivity index (χ4n) is 4.10. The van der Waals surface area contributed by atoms with Crippen LogP contribution < -0.4 is 16.0 Å². The van der Waals surface area contributed by atoms with E-state index >= 15 is 0 Å². The summed E-state index contributed by atoms with van der Waals surface area (Å²) in [6.07, 6.45) is 3.48. The van der Waals surface area contributed by atoms with Crippen LogP contribution in [0.1, 0.15) is 56.0 Å². The average molecular weight is 375 g/mol. The lowest BCUT2D eigenvalue weighted by Crippen LogP contribution is -2.65. The number of hydrogen-bond acceptors (Lipinski definition) is 3. The summed E-state index contributed by atoms with van der Waals surface area (Å²) in [7, 11) is 3.43. The number of benzene rings is 1. The van der Waals surface area contributed by atoms with E-state index in [0.717, 1.165) is 37.4 Å². The predicted octanol–water partition coefficient (Wildman–Crippen LogP) is 2.70. The zero-order chi connectivity index (χ0) is 19.9. The minimum atomic E-state index is -0.0773. The van der Waals surface area contributed by atoms with Gasteiger partial charge in [0.05, 0.1) is 6.10 Å². The molecule has 0 bridgehead atoms. The average Bonchev–Trinajstić information content (AvgIpc) is 2.70. The summed E-state index contributed by atoms with van der Waals surface area (Å²) >= 11 is 0. The Bertz CT molecular complexity index is 655. The van der Waals surface area contributed by atoms with Gasteiger partial charge in [0.25, 0.3) is 5.91 Å². The van der Waals surface area contributed by atoms with Crippen LogP contribution in [0.25, 0.3) is 0 Å². The van der Waals surface area contributed by atoms with Crippen LogP contribution in [0.3, 0.4) is 0 Å². The van der Waals surface area contributed by atoms with Gasteiger partial charge in [-0.15, -0.1) is 0 Å². The summed E-state index contributed by atoms with van der Waals surface area (Å²) in [6, 6.07) is 7.97. The SMILES string of the molecule is CCOC1CC(NC(=NC)NCc2cccc(C(=O)NC)c2)C1(CC)CC. The first-order valence-corrected chi connectivity index (χ1v) is 9.94. The molecule has 2 unspecified atom stereocenters. The van der Waals surface area contributed by atoms with Gasteiger partial charge in [-0.25, -0.2) is 0 Å². The molecule has 0 radical (unpaired) electrons. The van der Waals surface area contributed by atoms with Crippen LogP contribution in [-0.4, -0.2) is 44.7 Å². The molecule has 0 heterocycles. The van der Waals surface area contributed by atoms with Gasteiger partial charge >= 0.3 is 0 Å². The van der Waals surface area contributed by atoms with Crippen molar-refractivity contribution in [3.63, 3.8) is 0 Å². The van der Waals surface area contributed by atoms with Crippen molar-refractivity contribution in [3.8, 4) is 0 Å². The number of aliphatic imine (C=N–C) groups is 1. The van der Waals surface area contributed by atoms with Crippen molar-refractivity contribution in [2.75, 3.05) is 20.7 Å². The fourth-order valence-corrected chi connectivity index (χ4v) is 4.10. The molecule has 1 saturated carbocycles. The number of guanidine groups is 1. The summed E-state index contributed by atoms with van der Waals surface area (Å²) in [5, 5.41) is 9.61. The molecule has 1 amide bonds. The molecule has 150 valence electrons. The first kappa shape index (κ1) is 21.2. The van der Waals surface area contributed by atoms with E-state index in [2.05, 4.69) is 41.7 Å². The van der Waals surface area contributed by atoms with E-state index in [4.69, 9.17) is 4.74 Å². The maximum absolute atomic E-state index is 11.8. The summed E-state index contributed by atoms with van der Waals surface area (Å²) in [4.78, 5) is 16.2. The van der Waals surface area contributed by atoms with Crippen molar-refractivity contribution in [1.82, 2.24) is 16.0 Å². The Morgan fingerprint density at radius 2 is 2.04 bits per heavy atom. The number of rotatable bonds is 8. The number of carbonyl (C=O) groups excluding carboxylic acids is 1. The second kappa shape index (κ2) is 9.74. The van der Waals surface area contributed by atoms with E-state index in [1.807, 2.05) is 24.3 Å². The highest BCUT2D eigenvalue weighted by atomic mass is 16.5. The molecule has 2 atom stereocenters. The normalized spacial score (nSPS) is 21.3. The quantitative estimate of drug-likeness (QED) is 0.483. The Kier molecular flexibility index (Phi) is 7.66. The number of amides is 1. The van der Waals surface area contributed by atoms with Crippen LogP contribution in [0.4, 0.5) is 0 Å². The van der Waals surface area contributed by atoms with Crippen molar-refractivity contribution in [3.05, 3.63) is 35.4 Å². The Labute approximate surface area is 163 Å². The van der Waals surface area contributed by atoms with E-state index in [0.29, 0.717) is 24.3 Å². The third-order valence-corrected chi connectivity index (χ3v) is 5.88. The van der Waals surface area contributed by atoms with Crippen LogP contribution in [0, 0.1) is 5.41 Å². The van der Waals surface area contributed by atoms with Crippen LogP contribution >= 0.6 is 0 Å².